The molecule has 3 rings (SSSR count). The van der Waals surface area contributed by atoms with Gasteiger partial charge >= 0.3 is 0 Å². The second-order valence-corrected chi connectivity index (χ2v) is 7.84. The highest BCUT2D eigenvalue weighted by Crippen LogP contribution is 2.14. The van der Waals surface area contributed by atoms with Crippen molar-refractivity contribution in [2.75, 3.05) is 59.6 Å². The Hall–Kier alpha value is -1.34. The fourth-order valence-electron chi connectivity index (χ4n) is 3.71. The molecule has 6 nitrogen and oxygen atoms in total. The summed E-state index contributed by atoms with van der Waals surface area (Å²) in [7, 11) is 1.86. The molecule has 0 unspecified atom stereocenters. The lowest BCUT2D eigenvalue weighted by Gasteiger charge is -2.36. The van der Waals surface area contributed by atoms with E-state index in [9.17, 15) is 0 Å². The zero-order chi connectivity index (χ0) is 19.6. The van der Waals surface area contributed by atoms with E-state index in [1.807, 2.05) is 19.2 Å². The van der Waals surface area contributed by atoms with Crippen LogP contribution in [0.25, 0.3) is 0 Å². The topological polar surface area (TPSA) is 49.3 Å². The molecule has 28 heavy (non-hydrogen) atoms. The van der Waals surface area contributed by atoms with E-state index >= 15 is 0 Å². The molecule has 1 aromatic carbocycles. The number of ether oxygens (including phenoxy) is 2. The molecular weight excluding hydrogens is 376 g/mol. The van der Waals surface area contributed by atoms with Gasteiger partial charge in [-0.2, -0.15) is 0 Å². The van der Waals surface area contributed by atoms with Gasteiger partial charge in [-0.3, -0.25) is 9.89 Å². The average molecular weight is 409 g/mol. The van der Waals surface area contributed by atoms with Crippen molar-refractivity contribution in [1.29, 1.82) is 0 Å². The number of nitrogens with one attached hydrogen (secondary N) is 1. The van der Waals surface area contributed by atoms with Gasteiger partial charge in [-0.1, -0.05) is 23.7 Å². The molecule has 0 aliphatic carbocycles. The van der Waals surface area contributed by atoms with E-state index in [1.165, 1.54) is 5.56 Å². The number of benzene rings is 1. The summed E-state index contributed by atoms with van der Waals surface area (Å²) in [6.45, 7) is 8.32. The van der Waals surface area contributed by atoms with E-state index in [2.05, 4.69) is 32.2 Å². The first-order valence-corrected chi connectivity index (χ1v) is 10.7. The van der Waals surface area contributed by atoms with E-state index in [-0.39, 0.29) is 0 Å². The number of hydrogen-bond acceptors (Lipinski definition) is 4. The van der Waals surface area contributed by atoms with Crippen LogP contribution in [0.2, 0.25) is 5.02 Å². The molecule has 156 valence electrons. The van der Waals surface area contributed by atoms with Crippen LogP contribution in [0.3, 0.4) is 0 Å². The van der Waals surface area contributed by atoms with Gasteiger partial charge in [0.15, 0.2) is 5.96 Å². The van der Waals surface area contributed by atoms with Gasteiger partial charge in [0.2, 0.25) is 0 Å². The molecule has 0 amide bonds. The highest BCUT2D eigenvalue weighted by molar-refractivity contribution is 6.30. The third-order valence-electron chi connectivity index (χ3n) is 5.30. The number of rotatable bonds is 7. The predicted molar refractivity (Wildman–Crippen MR) is 114 cm³/mol. The van der Waals surface area contributed by atoms with Gasteiger partial charge in [-0.05, 0) is 37.0 Å². The Morgan fingerprint density at radius 2 is 2.04 bits per heavy atom. The number of hydrogen-bond donors (Lipinski definition) is 1. The molecule has 0 spiro atoms. The fourth-order valence-corrected chi connectivity index (χ4v) is 3.92. The maximum Gasteiger partial charge on any atom is 0.193 e. The number of nitrogens with zero attached hydrogens (tertiary/aromatic N) is 3. The minimum absolute atomic E-state index is 0.376. The number of piperazine rings is 1. The molecule has 2 saturated heterocycles. The summed E-state index contributed by atoms with van der Waals surface area (Å²) < 4.78 is 11.3. The maximum atomic E-state index is 6.10. The molecule has 7 heteroatoms. The van der Waals surface area contributed by atoms with Gasteiger partial charge in [0.05, 0.1) is 6.10 Å². The zero-order valence-electron chi connectivity index (χ0n) is 16.9. The Morgan fingerprint density at radius 1 is 1.25 bits per heavy atom. The van der Waals surface area contributed by atoms with Gasteiger partial charge in [0, 0.05) is 71.2 Å². The third kappa shape index (κ3) is 6.92. The first kappa shape index (κ1) is 21.4. The molecule has 0 bridgehead atoms. The normalized spacial score (nSPS) is 19.8. The van der Waals surface area contributed by atoms with Crippen molar-refractivity contribution in [1.82, 2.24) is 15.1 Å². The van der Waals surface area contributed by atoms with Crippen LogP contribution in [0, 0.1) is 0 Å². The summed E-state index contributed by atoms with van der Waals surface area (Å²) in [5.74, 6) is 0.994. The average Bonchev–Trinajstić information content (AvgIpc) is 2.72. The monoisotopic (exact) mass is 408 g/mol. The summed E-state index contributed by atoms with van der Waals surface area (Å²) in [5.41, 5.74) is 1.27. The molecule has 1 aromatic rings. The van der Waals surface area contributed by atoms with Crippen molar-refractivity contribution in [3.63, 3.8) is 0 Å². The highest BCUT2D eigenvalue weighted by Gasteiger charge is 2.19. The minimum Gasteiger partial charge on any atom is -0.381 e. The lowest BCUT2D eigenvalue weighted by molar-refractivity contribution is -0.0320. The quantitative estimate of drug-likeness (QED) is 0.427. The highest BCUT2D eigenvalue weighted by atomic mass is 35.5. The summed E-state index contributed by atoms with van der Waals surface area (Å²) in [4.78, 5) is 9.27. The Morgan fingerprint density at radius 3 is 2.75 bits per heavy atom. The van der Waals surface area contributed by atoms with Crippen LogP contribution in [-0.2, 0) is 16.0 Å². The zero-order valence-corrected chi connectivity index (χ0v) is 17.7. The molecule has 0 atom stereocenters. The second kappa shape index (κ2) is 11.6. The molecule has 2 aliphatic heterocycles. The molecule has 0 radical (unpaired) electrons. The largest absolute Gasteiger partial charge is 0.381 e. The van der Waals surface area contributed by atoms with Gasteiger partial charge in [-0.15, -0.1) is 0 Å². The lowest BCUT2D eigenvalue weighted by atomic mass is 10.1. The van der Waals surface area contributed by atoms with Crippen LogP contribution in [0.15, 0.2) is 29.3 Å². The molecule has 1 N–H and O–H groups in total. The van der Waals surface area contributed by atoms with Crippen LogP contribution in [0.1, 0.15) is 24.8 Å². The van der Waals surface area contributed by atoms with Gasteiger partial charge in [0.25, 0.3) is 0 Å². The molecule has 2 fully saturated rings. The van der Waals surface area contributed by atoms with Crippen LogP contribution in [0.5, 0.6) is 0 Å². The van der Waals surface area contributed by atoms with Crippen LogP contribution in [-0.4, -0.2) is 81.5 Å². The molecule has 2 heterocycles. The van der Waals surface area contributed by atoms with Crippen molar-refractivity contribution in [2.45, 2.75) is 31.9 Å². The molecule has 0 saturated carbocycles. The number of halogens is 1. The van der Waals surface area contributed by atoms with Crippen molar-refractivity contribution in [3.8, 4) is 0 Å². The smallest absolute Gasteiger partial charge is 0.193 e. The van der Waals surface area contributed by atoms with Crippen LogP contribution in [0.4, 0.5) is 0 Å². The van der Waals surface area contributed by atoms with E-state index < -0.39 is 0 Å². The van der Waals surface area contributed by atoms with E-state index in [4.69, 9.17) is 21.1 Å². The van der Waals surface area contributed by atoms with Gasteiger partial charge in [0.1, 0.15) is 0 Å². The number of guanidine groups is 1. The maximum absolute atomic E-state index is 6.10. The van der Waals surface area contributed by atoms with Crippen LogP contribution >= 0.6 is 11.6 Å². The standard InChI is InChI=1S/C21H33ClN4O2/c1-23-21(24-8-3-13-28-20-6-14-27-15-7-20)26-11-9-25(10-12-26)17-18-4-2-5-19(22)16-18/h2,4-5,16,20H,3,6-15,17H2,1H3,(H,23,24). The second-order valence-electron chi connectivity index (χ2n) is 7.40. The van der Waals surface area contributed by atoms with E-state index in [0.29, 0.717) is 6.10 Å². The molecular formula is C21H33ClN4O2. The Labute approximate surface area is 173 Å². The van der Waals surface area contributed by atoms with Crippen molar-refractivity contribution in [2.24, 2.45) is 4.99 Å². The van der Waals surface area contributed by atoms with E-state index in [1.54, 1.807) is 0 Å². The molecule has 0 aromatic heterocycles. The van der Waals surface area contributed by atoms with Gasteiger partial charge in [-0.25, -0.2) is 0 Å². The SMILES string of the molecule is CN=C(NCCCOC1CCOCC1)N1CCN(Cc2cccc(Cl)c2)CC1. The Balaban J connectivity index is 1.32. The Kier molecular flexibility index (Phi) is 8.86. The van der Waals surface area contributed by atoms with Crippen molar-refractivity contribution >= 4 is 17.6 Å². The van der Waals surface area contributed by atoms with E-state index in [0.717, 1.165) is 89.3 Å². The first-order chi connectivity index (χ1) is 13.7. The van der Waals surface area contributed by atoms with Crippen molar-refractivity contribution < 1.29 is 9.47 Å². The minimum atomic E-state index is 0.376. The third-order valence-corrected chi connectivity index (χ3v) is 5.54. The first-order valence-electron chi connectivity index (χ1n) is 10.4. The number of aliphatic imine (C=N–C) groups is 1. The van der Waals surface area contributed by atoms with Crippen LogP contribution < -0.4 is 5.32 Å². The fraction of sp³-hybridized carbons (Fsp3) is 0.667. The Bertz CT molecular complexity index is 614. The predicted octanol–water partition coefficient (Wildman–Crippen LogP) is 2.62. The summed E-state index contributed by atoms with van der Waals surface area (Å²) in [5, 5.41) is 4.29. The summed E-state index contributed by atoms with van der Waals surface area (Å²) >= 11 is 6.10. The molecule has 2 aliphatic rings. The summed E-state index contributed by atoms with van der Waals surface area (Å²) in [6.07, 6.45) is 3.41. The lowest BCUT2D eigenvalue weighted by Crippen LogP contribution is -2.52. The van der Waals surface area contributed by atoms with Crippen molar-refractivity contribution in [3.05, 3.63) is 34.9 Å². The van der Waals surface area contributed by atoms with Gasteiger partial charge < -0.3 is 19.7 Å². The summed E-state index contributed by atoms with van der Waals surface area (Å²) in [6, 6.07) is 8.14.